The summed E-state index contributed by atoms with van der Waals surface area (Å²) in [4.78, 5) is 26.4. The van der Waals surface area contributed by atoms with E-state index >= 15 is 0 Å². The van der Waals surface area contributed by atoms with Crippen molar-refractivity contribution in [3.63, 3.8) is 0 Å². The molecule has 9 nitrogen and oxygen atoms in total. The first-order valence-corrected chi connectivity index (χ1v) is 13.5. The predicted octanol–water partition coefficient (Wildman–Crippen LogP) is 4.09. The van der Waals surface area contributed by atoms with Crippen LogP contribution in [0.3, 0.4) is 0 Å². The highest BCUT2D eigenvalue weighted by Crippen LogP contribution is 2.31. The molecule has 2 aliphatic heterocycles. The summed E-state index contributed by atoms with van der Waals surface area (Å²) in [5.41, 5.74) is 1.74. The third-order valence-corrected chi connectivity index (χ3v) is 7.83. The van der Waals surface area contributed by atoms with Gasteiger partial charge in [0.1, 0.15) is 5.82 Å². The topological polar surface area (TPSA) is 106 Å². The van der Waals surface area contributed by atoms with Gasteiger partial charge in [0.25, 0.3) is 0 Å². The quantitative estimate of drug-likeness (QED) is 0.452. The van der Waals surface area contributed by atoms with Crippen molar-refractivity contribution in [3.8, 4) is 11.8 Å². The summed E-state index contributed by atoms with van der Waals surface area (Å²) in [6.07, 6.45) is 3.51. The van der Waals surface area contributed by atoms with Crippen LogP contribution in [0.1, 0.15) is 36.8 Å². The first-order chi connectivity index (χ1) is 18.9. The molecule has 0 bridgehead atoms. The summed E-state index contributed by atoms with van der Waals surface area (Å²) in [7, 11) is 3.31. The number of likely N-dealkylation sites (N-methyl/N-ethyl adjacent to an activating group) is 1. The first kappa shape index (κ1) is 26.9. The molecular formula is C28H31ClFN7O2. The number of nitrogens with one attached hydrogen (secondary N) is 2. The van der Waals surface area contributed by atoms with Gasteiger partial charge < -0.3 is 25.2 Å². The largest absolute Gasteiger partial charge is 0.494 e. The highest BCUT2D eigenvalue weighted by molar-refractivity contribution is 6.30. The number of hydrogen-bond donors (Lipinski definition) is 2. The molecule has 2 fully saturated rings. The Morgan fingerprint density at radius 1 is 1.28 bits per heavy atom. The molecule has 39 heavy (non-hydrogen) atoms. The van der Waals surface area contributed by atoms with Gasteiger partial charge in [-0.25, -0.2) is 9.37 Å². The lowest BCUT2D eigenvalue weighted by Gasteiger charge is -2.37. The minimum absolute atomic E-state index is 0.0805. The zero-order valence-electron chi connectivity index (χ0n) is 22.0. The van der Waals surface area contributed by atoms with Gasteiger partial charge in [0, 0.05) is 49.2 Å². The molecule has 1 unspecified atom stereocenters. The van der Waals surface area contributed by atoms with E-state index in [-0.39, 0.29) is 23.7 Å². The van der Waals surface area contributed by atoms with Crippen LogP contribution in [0.15, 0.2) is 30.3 Å². The van der Waals surface area contributed by atoms with Gasteiger partial charge in [-0.05, 0) is 56.0 Å². The van der Waals surface area contributed by atoms with Crippen molar-refractivity contribution in [2.45, 2.75) is 44.3 Å². The number of nitriles is 1. The fraction of sp³-hybridized carbons (Fsp3) is 0.429. The summed E-state index contributed by atoms with van der Waals surface area (Å²) in [5, 5.41) is 17.1. The Kier molecular flexibility index (Phi) is 8.00. The lowest BCUT2D eigenvalue weighted by atomic mass is 10.0. The lowest BCUT2D eigenvalue weighted by Crippen LogP contribution is -2.50. The van der Waals surface area contributed by atoms with Gasteiger partial charge >= 0.3 is 0 Å². The molecule has 0 radical (unpaired) electrons. The van der Waals surface area contributed by atoms with E-state index in [1.54, 1.807) is 24.3 Å². The highest BCUT2D eigenvalue weighted by Gasteiger charge is 2.31. The maximum Gasteiger partial charge on any atom is 0.239 e. The second-order valence-electron chi connectivity index (χ2n) is 9.96. The third-order valence-electron chi connectivity index (χ3n) is 7.60. The number of carbonyl (C=O) groups is 1. The number of fused-ring (bicyclic) bond motifs is 1. The lowest BCUT2D eigenvalue weighted by molar-refractivity contribution is -0.134. The first-order valence-electron chi connectivity index (χ1n) is 13.1. The van der Waals surface area contributed by atoms with E-state index in [0.29, 0.717) is 52.9 Å². The number of hydrogen-bond acceptors (Lipinski definition) is 8. The molecule has 0 saturated carbocycles. The second-order valence-corrected chi connectivity index (χ2v) is 10.4. The Morgan fingerprint density at radius 3 is 2.77 bits per heavy atom. The molecule has 2 aliphatic rings. The van der Waals surface area contributed by atoms with Crippen LogP contribution < -0.4 is 20.3 Å². The Hall–Kier alpha value is -3.68. The molecule has 11 heteroatoms. The van der Waals surface area contributed by atoms with Gasteiger partial charge in [-0.1, -0.05) is 17.7 Å². The van der Waals surface area contributed by atoms with E-state index in [4.69, 9.17) is 26.3 Å². The number of anilines is 2. The van der Waals surface area contributed by atoms with Crippen molar-refractivity contribution in [3.05, 3.63) is 52.3 Å². The zero-order valence-corrected chi connectivity index (χ0v) is 22.8. The number of benzene rings is 2. The van der Waals surface area contributed by atoms with Gasteiger partial charge in [0.2, 0.25) is 11.9 Å². The molecule has 1 aromatic heterocycles. The summed E-state index contributed by atoms with van der Waals surface area (Å²) in [6, 6.07) is 10.3. The fourth-order valence-corrected chi connectivity index (χ4v) is 5.48. The van der Waals surface area contributed by atoms with E-state index < -0.39 is 5.82 Å². The molecule has 3 aromatic rings. The number of methoxy groups -OCH3 is 1. The number of nitrogens with zero attached hydrogens (tertiary/aromatic N) is 5. The normalized spacial score (nSPS) is 17.7. The van der Waals surface area contributed by atoms with Crippen molar-refractivity contribution in [2.24, 2.45) is 0 Å². The minimum atomic E-state index is -0.515. The van der Waals surface area contributed by atoms with E-state index in [2.05, 4.69) is 21.6 Å². The van der Waals surface area contributed by atoms with Crippen molar-refractivity contribution in [1.29, 1.82) is 5.26 Å². The van der Waals surface area contributed by atoms with Crippen LogP contribution in [0, 0.1) is 17.1 Å². The van der Waals surface area contributed by atoms with Gasteiger partial charge in [-0.2, -0.15) is 10.2 Å². The summed E-state index contributed by atoms with van der Waals surface area (Å²) in [6.45, 7) is 2.55. The van der Waals surface area contributed by atoms with Crippen LogP contribution in [0.2, 0.25) is 5.02 Å². The minimum Gasteiger partial charge on any atom is -0.494 e. The van der Waals surface area contributed by atoms with Crippen LogP contribution in [0.25, 0.3) is 10.9 Å². The van der Waals surface area contributed by atoms with Crippen LogP contribution in [0.4, 0.5) is 16.2 Å². The van der Waals surface area contributed by atoms with Gasteiger partial charge in [0.15, 0.2) is 11.6 Å². The van der Waals surface area contributed by atoms with E-state index in [1.807, 2.05) is 11.9 Å². The molecule has 5 rings (SSSR count). The number of rotatable bonds is 7. The maximum atomic E-state index is 14.7. The molecule has 2 saturated heterocycles. The molecule has 0 spiro atoms. The standard InChI is InChI=1S/C28H31ClFN7O2/c1-36(27(38)23-4-3-9-32-23)20-7-10-37(11-8-20)28-34-24-14-25(39-2)22(30)13-21(24)26(35-28)33-16-17-5-6-19(29)12-18(17)15-31/h5-6,12-14,20,23,32H,3-4,7-11,16H2,1-2H3,(H,33,34,35). The average Bonchev–Trinajstić information content (AvgIpc) is 3.50. The number of amides is 1. The Labute approximate surface area is 231 Å². The predicted molar refractivity (Wildman–Crippen MR) is 149 cm³/mol. The molecule has 3 heterocycles. The van der Waals surface area contributed by atoms with Crippen molar-refractivity contribution < 1.29 is 13.9 Å². The van der Waals surface area contributed by atoms with Crippen LogP contribution in [0.5, 0.6) is 5.75 Å². The van der Waals surface area contributed by atoms with Gasteiger partial charge in [-0.15, -0.1) is 0 Å². The molecule has 1 atom stereocenters. The number of carbonyl (C=O) groups excluding carboxylic acids is 1. The zero-order chi connectivity index (χ0) is 27.5. The second kappa shape index (κ2) is 11.6. The maximum absolute atomic E-state index is 14.7. The molecule has 2 N–H and O–H groups in total. The van der Waals surface area contributed by atoms with E-state index in [0.717, 1.165) is 37.8 Å². The van der Waals surface area contributed by atoms with Crippen LogP contribution in [-0.4, -0.2) is 66.7 Å². The molecule has 2 aromatic carbocycles. The van der Waals surface area contributed by atoms with E-state index in [9.17, 15) is 14.4 Å². The van der Waals surface area contributed by atoms with Crippen molar-refractivity contribution >= 4 is 40.2 Å². The monoisotopic (exact) mass is 551 g/mol. The highest BCUT2D eigenvalue weighted by atomic mass is 35.5. The summed E-state index contributed by atoms with van der Waals surface area (Å²) in [5.74, 6) is 0.713. The van der Waals surface area contributed by atoms with Crippen LogP contribution in [-0.2, 0) is 11.3 Å². The Balaban J connectivity index is 1.38. The Morgan fingerprint density at radius 2 is 2.08 bits per heavy atom. The SMILES string of the molecule is COc1cc2nc(N3CCC(N(C)C(=O)C4CCCN4)CC3)nc(NCc3ccc(Cl)cc3C#N)c2cc1F. The number of piperidine rings is 1. The van der Waals surface area contributed by atoms with Crippen molar-refractivity contribution in [2.75, 3.05) is 44.0 Å². The van der Waals surface area contributed by atoms with E-state index in [1.165, 1.54) is 13.2 Å². The smallest absolute Gasteiger partial charge is 0.239 e. The summed E-state index contributed by atoms with van der Waals surface area (Å²) >= 11 is 6.05. The Bertz CT molecular complexity index is 1420. The molecular weight excluding hydrogens is 521 g/mol. The van der Waals surface area contributed by atoms with Gasteiger partial charge in [0.05, 0.1) is 30.3 Å². The molecule has 204 valence electrons. The average molecular weight is 552 g/mol. The number of halogens is 2. The third kappa shape index (κ3) is 5.70. The number of ether oxygens (including phenoxy) is 1. The fourth-order valence-electron chi connectivity index (χ4n) is 5.31. The molecule has 1 amide bonds. The molecule has 0 aliphatic carbocycles. The summed E-state index contributed by atoms with van der Waals surface area (Å²) < 4.78 is 19.9. The van der Waals surface area contributed by atoms with Gasteiger partial charge in [-0.3, -0.25) is 4.79 Å². The van der Waals surface area contributed by atoms with Crippen LogP contribution >= 0.6 is 11.6 Å². The van der Waals surface area contributed by atoms with Crippen molar-refractivity contribution in [1.82, 2.24) is 20.2 Å². The number of aromatic nitrogens is 2.